The van der Waals surface area contributed by atoms with Crippen molar-refractivity contribution in [2.45, 2.75) is 48.1 Å². The minimum atomic E-state index is -7.65. The van der Waals surface area contributed by atoms with Gasteiger partial charge in [-0.15, -0.1) is 0 Å². The molecule has 1 aliphatic heterocycles. The van der Waals surface area contributed by atoms with Crippen LogP contribution in [-0.2, 0) is 9.47 Å². The van der Waals surface area contributed by atoms with Crippen LogP contribution in [0.3, 0.4) is 0 Å². The molecule has 1 heterocycles. The summed E-state index contributed by atoms with van der Waals surface area (Å²) < 4.78 is 194. The van der Waals surface area contributed by atoms with Crippen LogP contribution < -0.4 is 0 Å². The van der Waals surface area contributed by atoms with Gasteiger partial charge in [-0.05, 0) is 0 Å². The van der Waals surface area contributed by atoms with Crippen molar-refractivity contribution in [1.82, 2.24) is 0 Å². The van der Waals surface area contributed by atoms with Crippen molar-refractivity contribution in [2.24, 2.45) is 0 Å². The third kappa shape index (κ3) is 3.38. The van der Waals surface area contributed by atoms with Crippen LogP contribution >= 0.6 is 0 Å². The summed E-state index contributed by atoms with van der Waals surface area (Å²) in [6, 6.07) is 0. The summed E-state index contributed by atoms with van der Waals surface area (Å²) in [6.07, 6.45) is -29.2. The second-order valence-corrected chi connectivity index (χ2v) is 4.62. The van der Waals surface area contributed by atoms with Crippen LogP contribution in [0.1, 0.15) is 0 Å². The Labute approximate surface area is 158 Å². The molecule has 19 heteroatoms. The third-order valence-electron chi connectivity index (χ3n) is 2.86. The second-order valence-electron chi connectivity index (χ2n) is 4.62. The maximum absolute atomic E-state index is 13.6. The molecule has 1 fully saturated rings. The zero-order valence-electron chi connectivity index (χ0n) is 10.9. The number of ether oxygens (including phenoxy) is 2. The van der Waals surface area contributed by atoms with Crippen LogP contribution in [0.5, 0.6) is 0 Å². The Morgan fingerprint density at radius 1 is 0.593 bits per heavy atom. The van der Waals surface area contributed by atoms with E-state index in [1.165, 1.54) is 0 Å². The monoisotopic (exact) mass is 454 g/mol. The van der Waals surface area contributed by atoms with E-state index in [4.69, 9.17) is 5.11 Å². The summed E-state index contributed by atoms with van der Waals surface area (Å²) in [7, 11) is 0. The molecule has 158 valence electrons. The molecule has 0 spiro atoms. The van der Waals surface area contributed by atoms with Crippen LogP contribution in [-0.4, -0.2) is 82.7 Å². The van der Waals surface area contributed by atoms with Gasteiger partial charge in [0.05, 0.1) is 0 Å². The SMILES string of the molecule is OC(F)(F)C1(C(F)(F)C(F)(F)F)OC(F)(F)C(F)(C(F)(F)C(F)(F)F)O1.[NaH]. The summed E-state index contributed by atoms with van der Waals surface area (Å²) in [4.78, 5) is 0. The van der Waals surface area contributed by atoms with Gasteiger partial charge in [0.2, 0.25) is 0 Å². The molecule has 27 heavy (non-hydrogen) atoms. The van der Waals surface area contributed by atoms with Gasteiger partial charge in [0.25, 0.3) is 0 Å². The first kappa shape index (κ1) is 26.8. The molecule has 1 N–H and O–H groups in total. The number of hydrogen-bond donors (Lipinski definition) is 1. The number of alkyl halides is 15. The van der Waals surface area contributed by atoms with Crippen LogP contribution in [0.4, 0.5) is 65.9 Å². The number of aliphatic hydroxyl groups is 1. The predicted molar refractivity (Wildman–Crippen MR) is 50.0 cm³/mol. The van der Waals surface area contributed by atoms with Gasteiger partial charge in [-0.1, -0.05) is 0 Å². The van der Waals surface area contributed by atoms with E-state index < -0.39 is 48.1 Å². The van der Waals surface area contributed by atoms with E-state index in [9.17, 15) is 65.9 Å². The van der Waals surface area contributed by atoms with E-state index in [-0.39, 0.29) is 29.6 Å². The molecule has 2 unspecified atom stereocenters. The summed E-state index contributed by atoms with van der Waals surface area (Å²) in [5.41, 5.74) is 0. The Morgan fingerprint density at radius 2 is 0.926 bits per heavy atom. The summed E-state index contributed by atoms with van der Waals surface area (Å²) in [5, 5.41) is 8.01. The van der Waals surface area contributed by atoms with E-state index >= 15 is 0 Å². The number of halogens is 15. The predicted octanol–water partition coefficient (Wildman–Crippen LogP) is 3.32. The Balaban J connectivity index is 0.00000676. The average molecular weight is 454 g/mol. The maximum atomic E-state index is 13.6. The van der Waals surface area contributed by atoms with Crippen molar-refractivity contribution < 1.29 is 80.4 Å². The summed E-state index contributed by atoms with van der Waals surface area (Å²) in [6.45, 7) is 0. The third-order valence-corrected chi connectivity index (χ3v) is 2.86. The fourth-order valence-corrected chi connectivity index (χ4v) is 1.58. The standard InChI is InChI=1S/C8HF15O3.Na.H/c9-1(10,5(14,15)16)3(13)8(22,23)26-4(25-3,7(20,21)24)2(11,12)6(17,18)19;;/h24H;;. The molecule has 0 aliphatic carbocycles. The molecule has 0 bridgehead atoms. The zero-order chi connectivity index (χ0) is 21.4. The molecule has 1 saturated heterocycles. The van der Waals surface area contributed by atoms with Gasteiger partial charge >= 0.3 is 77.6 Å². The molecule has 0 aromatic heterocycles. The van der Waals surface area contributed by atoms with E-state index in [0.29, 0.717) is 0 Å². The number of hydrogen-bond acceptors (Lipinski definition) is 3. The topological polar surface area (TPSA) is 38.7 Å². The summed E-state index contributed by atoms with van der Waals surface area (Å²) >= 11 is 0. The van der Waals surface area contributed by atoms with Gasteiger partial charge < -0.3 is 5.11 Å². The van der Waals surface area contributed by atoms with Crippen molar-refractivity contribution in [3.8, 4) is 0 Å². The van der Waals surface area contributed by atoms with Crippen LogP contribution in [0, 0.1) is 0 Å². The van der Waals surface area contributed by atoms with Gasteiger partial charge in [0.15, 0.2) is 0 Å². The Kier molecular flexibility index (Phi) is 6.37. The van der Waals surface area contributed by atoms with E-state index in [1.54, 1.807) is 0 Å². The van der Waals surface area contributed by atoms with Gasteiger partial charge in [0, 0.05) is 0 Å². The first-order valence-corrected chi connectivity index (χ1v) is 5.37. The Morgan fingerprint density at radius 3 is 1.19 bits per heavy atom. The Hall–Kier alpha value is -0.170. The molecule has 3 nitrogen and oxygen atoms in total. The van der Waals surface area contributed by atoms with E-state index in [0.717, 1.165) is 0 Å². The van der Waals surface area contributed by atoms with Gasteiger partial charge in [0.1, 0.15) is 0 Å². The quantitative estimate of drug-likeness (QED) is 0.526. The van der Waals surface area contributed by atoms with Gasteiger partial charge in [-0.25, -0.2) is 0 Å². The molecular formula is C8H2F15NaO3. The summed E-state index contributed by atoms with van der Waals surface area (Å²) in [5.74, 6) is -29.7. The first-order chi connectivity index (χ1) is 10.9. The fraction of sp³-hybridized carbons (Fsp3) is 1.00. The van der Waals surface area contributed by atoms with Crippen molar-refractivity contribution in [3.05, 3.63) is 0 Å². The van der Waals surface area contributed by atoms with E-state index in [1.807, 2.05) is 9.47 Å². The van der Waals surface area contributed by atoms with Crippen molar-refractivity contribution in [2.75, 3.05) is 0 Å². The zero-order valence-corrected chi connectivity index (χ0v) is 10.9. The molecule has 0 radical (unpaired) electrons. The molecule has 1 rings (SSSR count). The van der Waals surface area contributed by atoms with Crippen molar-refractivity contribution in [1.29, 1.82) is 0 Å². The minimum absolute atomic E-state index is 0. The molecule has 1 aliphatic rings. The number of rotatable bonds is 3. The van der Waals surface area contributed by atoms with Crippen LogP contribution in [0.2, 0.25) is 0 Å². The molecule has 0 amide bonds. The van der Waals surface area contributed by atoms with Crippen LogP contribution in [0.15, 0.2) is 0 Å². The molecule has 0 aromatic carbocycles. The molecular weight excluding hydrogens is 452 g/mol. The second kappa shape index (κ2) is 6.41. The van der Waals surface area contributed by atoms with Gasteiger partial charge in [-0.2, -0.15) is 65.9 Å². The molecule has 2 atom stereocenters. The average Bonchev–Trinajstić information content (AvgIpc) is 2.56. The van der Waals surface area contributed by atoms with Crippen molar-refractivity contribution >= 4 is 29.6 Å². The Bertz CT molecular complexity index is 565. The van der Waals surface area contributed by atoms with Crippen molar-refractivity contribution in [3.63, 3.8) is 0 Å². The fourth-order valence-electron chi connectivity index (χ4n) is 1.58. The normalized spacial score (nSPS) is 30.2. The van der Waals surface area contributed by atoms with E-state index in [2.05, 4.69) is 0 Å². The molecule has 0 saturated carbocycles. The van der Waals surface area contributed by atoms with Crippen LogP contribution in [0.25, 0.3) is 0 Å². The van der Waals surface area contributed by atoms with Gasteiger partial charge in [-0.3, -0.25) is 9.47 Å². The first-order valence-electron chi connectivity index (χ1n) is 5.37. The molecule has 0 aromatic rings.